The fraction of sp³-hybridized carbons (Fsp3) is 0.667. The molecule has 1 aromatic rings. The highest BCUT2D eigenvalue weighted by atomic mass is 16.3. The number of rotatable bonds is 5. The number of hydrogen-bond acceptors (Lipinski definition) is 3. The molecule has 2 aliphatic heterocycles. The van der Waals surface area contributed by atoms with Crippen LogP contribution in [0.25, 0.3) is 0 Å². The third-order valence-electron chi connectivity index (χ3n) is 5.83. The molecule has 0 bridgehead atoms. The Labute approximate surface area is 151 Å². The predicted molar refractivity (Wildman–Crippen MR) is 100 cm³/mol. The third-order valence-corrected chi connectivity index (χ3v) is 5.83. The predicted octanol–water partition coefficient (Wildman–Crippen LogP) is 2.69. The zero-order valence-electron chi connectivity index (χ0n) is 15.7. The third kappa shape index (κ3) is 4.62. The number of benzene rings is 1. The van der Waals surface area contributed by atoms with Gasteiger partial charge in [-0.05, 0) is 49.3 Å². The molecule has 0 spiro atoms. The van der Waals surface area contributed by atoms with E-state index in [0.717, 1.165) is 43.8 Å². The van der Waals surface area contributed by atoms with E-state index in [1.54, 1.807) is 0 Å². The maximum atomic E-state index is 12.1. The molecule has 2 heterocycles. The Morgan fingerprint density at radius 1 is 1.08 bits per heavy atom. The highest BCUT2D eigenvalue weighted by Gasteiger charge is 2.32. The molecule has 0 aromatic heterocycles. The van der Waals surface area contributed by atoms with Crippen LogP contribution in [0.4, 0.5) is 0 Å². The van der Waals surface area contributed by atoms with Crippen LogP contribution in [-0.4, -0.2) is 53.0 Å². The normalized spacial score (nSPS) is 22.7. The molecule has 2 fully saturated rings. The van der Waals surface area contributed by atoms with E-state index in [1.165, 1.54) is 25.1 Å². The quantitative estimate of drug-likeness (QED) is 0.893. The lowest BCUT2D eigenvalue weighted by Crippen LogP contribution is -2.47. The largest absolute Gasteiger partial charge is 0.392 e. The molecule has 1 atom stereocenters. The summed E-state index contributed by atoms with van der Waals surface area (Å²) in [7, 11) is 0. The van der Waals surface area contributed by atoms with Crippen LogP contribution in [0, 0.1) is 11.8 Å². The lowest BCUT2D eigenvalue weighted by atomic mass is 9.97. The maximum Gasteiger partial charge on any atom is 0.225 e. The minimum atomic E-state index is 0.116. The van der Waals surface area contributed by atoms with Gasteiger partial charge >= 0.3 is 0 Å². The van der Waals surface area contributed by atoms with Crippen LogP contribution in [0.5, 0.6) is 0 Å². The van der Waals surface area contributed by atoms with Crippen molar-refractivity contribution in [1.82, 2.24) is 9.80 Å². The minimum absolute atomic E-state index is 0.116. The van der Waals surface area contributed by atoms with E-state index in [0.29, 0.717) is 11.9 Å². The van der Waals surface area contributed by atoms with Crippen molar-refractivity contribution >= 4 is 5.91 Å². The van der Waals surface area contributed by atoms with Crippen LogP contribution in [0.15, 0.2) is 24.3 Å². The summed E-state index contributed by atoms with van der Waals surface area (Å²) < 4.78 is 0. The monoisotopic (exact) mass is 344 g/mol. The number of hydrogen-bond donors (Lipinski definition) is 1. The lowest BCUT2D eigenvalue weighted by molar-refractivity contribution is -0.136. The molecule has 4 heteroatoms. The number of carbonyl (C=O) groups excluding carboxylic acids is 1. The van der Waals surface area contributed by atoms with Gasteiger partial charge < -0.3 is 10.0 Å². The second kappa shape index (κ2) is 8.33. The number of carbonyl (C=O) groups is 1. The zero-order valence-corrected chi connectivity index (χ0v) is 15.7. The number of aliphatic hydroxyl groups is 1. The topological polar surface area (TPSA) is 43.8 Å². The highest BCUT2D eigenvalue weighted by Crippen LogP contribution is 2.27. The average molecular weight is 344 g/mol. The maximum absolute atomic E-state index is 12.1. The number of likely N-dealkylation sites (tertiary alicyclic amines) is 2. The summed E-state index contributed by atoms with van der Waals surface area (Å²) >= 11 is 0. The van der Waals surface area contributed by atoms with Crippen molar-refractivity contribution in [1.29, 1.82) is 0 Å². The number of amides is 1. The Kier molecular flexibility index (Phi) is 6.13. The van der Waals surface area contributed by atoms with Gasteiger partial charge in [-0.1, -0.05) is 38.1 Å². The van der Waals surface area contributed by atoms with Crippen LogP contribution >= 0.6 is 0 Å². The van der Waals surface area contributed by atoms with Crippen molar-refractivity contribution < 1.29 is 9.90 Å². The van der Waals surface area contributed by atoms with Gasteiger partial charge in [-0.25, -0.2) is 0 Å². The molecule has 0 saturated carbocycles. The molecule has 2 saturated heterocycles. The lowest BCUT2D eigenvalue weighted by Gasteiger charge is -2.37. The Morgan fingerprint density at radius 3 is 2.32 bits per heavy atom. The van der Waals surface area contributed by atoms with Crippen molar-refractivity contribution in [3.05, 3.63) is 35.4 Å². The van der Waals surface area contributed by atoms with Crippen LogP contribution in [0.2, 0.25) is 0 Å². The summed E-state index contributed by atoms with van der Waals surface area (Å²) in [5.74, 6) is 1.16. The Hall–Kier alpha value is -1.39. The van der Waals surface area contributed by atoms with Gasteiger partial charge in [0.1, 0.15) is 0 Å². The summed E-state index contributed by atoms with van der Waals surface area (Å²) in [6.07, 6.45) is 4.65. The van der Waals surface area contributed by atoms with Crippen molar-refractivity contribution in [2.24, 2.45) is 11.8 Å². The first-order valence-electron chi connectivity index (χ1n) is 9.78. The zero-order chi connectivity index (χ0) is 17.8. The average Bonchev–Trinajstić information content (AvgIpc) is 3.10. The SMILES string of the molecule is CC(C)C(=O)N1CCC(N2CC[C@@H](Cc3ccc(CO)cc3)C2)CC1. The summed E-state index contributed by atoms with van der Waals surface area (Å²) in [5.41, 5.74) is 2.36. The summed E-state index contributed by atoms with van der Waals surface area (Å²) in [6.45, 7) is 8.33. The molecule has 0 aliphatic carbocycles. The van der Waals surface area contributed by atoms with Gasteiger partial charge in [0, 0.05) is 31.6 Å². The molecule has 0 unspecified atom stereocenters. The number of nitrogens with zero attached hydrogens (tertiary/aromatic N) is 2. The Morgan fingerprint density at radius 2 is 1.72 bits per heavy atom. The smallest absolute Gasteiger partial charge is 0.225 e. The molecule has 2 aliphatic rings. The second-order valence-electron chi connectivity index (χ2n) is 8.04. The van der Waals surface area contributed by atoms with Crippen LogP contribution in [0.3, 0.4) is 0 Å². The molecule has 138 valence electrons. The first kappa shape index (κ1) is 18.4. The standard InChI is InChI=1S/C21H32N2O2/c1-16(2)21(25)22-11-8-20(9-12-22)23-10-7-19(14-23)13-17-3-5-18(15-24)6-4-17/h3-6,16,19-20,24H,7-15H2,1-2H3/t19-/m0/s1. The minimum Gasteiger partial charge on any atom is -0.392 e. The van der Waals surface area contributed by atoms with E-state index in [9.17, 15) is 4.79 Å². The number of piperidine rings is 1. The molecular formula is C21H32N2O2. The molecule has 1 aromatic carbocycles. The van der Waals surface area contributed by atoms with E-state index in [-0.39, 0.29) is 12.5 Å². The molecule has 0 radical (unpaired) electrons. The number of aliphatic hydroxyl groups excluding tert-OH is 1. The van der Waals surface area contributed by atoms with Crippen molar-refractivity contribution in [2.45, 2.75) is 52.2 Å². The van der Waals surface area contributed by atoms with Crippen LogP contribution in [0.1, 0.15) is 44.2 Å². The second-order valence-corrected chi connectivity index (χ2v) is 8.04. The fourth-order valence-electron chi connectivity index (χ4n) is 4.29. The molecule has 4 nitrogen and oxygen atoms in total. The molecule has 3 rings (SSSR count). The van der Waals surface area contributed by atoms with E-state index in [4.69, 9.17) is 5.11 Å². The van der Waals surface area contributed by atoms with E-state index >= 15 is 0 Å². The van der Waals surface area contributed by atoms with Gasteiger partial charge in [0.25, 0.3) is 0 Å². The first-order valence-corrected chi connectivity index (χ1v) is 9.78. The molecule has 1 amide bonds. The van der Waals surface area contributed by atoms with Crippen molar-refractivity contribution in [3.8, 4) is 0 Å². The molecule has 25 heavy (non-hydrogen) atoms. The van der Waals surface area contributed by atoms with Crippen molar-refractivity contribution in [2.75, 3.05) is 26.2 Å². The van der Waals surface area contributed by atoms with E-state index in [2.05, 4.69) is 21.9 Å². The van der Waals surface area contributed by atoms with Crippen LogP contribution < -0.4 is 0 Å². The van der Waals surface area contributed by atoms with Gasteiger partial charge in [0.2, 0.25) is 5.91 Å². The first-order chi connectivity index (χ1) is 12.1. The van der Waals surface area contributed by atoms with Gasteiger partial charge in [-0.15, -0.1) is 0 Å². The van der Waals surface area contributed by atoms with Gasteiger partial charge in [0.05, 0.1) is 6.61 Å². The molecular weight excluding hydrogens is 312 g/mol. The van der Waals surface area contributed by atoms with Crippen molar-refractivity contribution in [3.63, 3.8) is 0 Å². The summed E-state index contributed by atoms with van der Waals surface area (Å²) in [5, 5.41) is 9.14. The Bertz CT molecular complexity index is 562. The molecule has 1 N–H and O–H groups in total. The fourth-order valence-corrected chi connectivity index (χ4v) is 4.29. The van der Waals surface area contributed by atoms with Gasteiger partial charge in [-0.3, -0.25) is 9.69 Å². The summed E-state index contributed by atoms with van der Waals surface area (Å²) in [6, 6.07) is 9.03. The van der Waals surface area contributed by atoms with Crippen LogP contribution in [-0.2, 0) is 17.8 Å². The van der Waals surface area contributed by atoms with E-state index < -0.39 is 0 Å². The van der Waals surface area contributed by atoms with E-state index in [1.807, 2.05) is 26.0 Å². The van der Waals surface area contributed by atoms with Gasteiger partial charge in [0.15, 0.2) is 0 Å². The highest BCUT2D eigenvalue weighted by molar-refractivity contribution is 5.78. The van der Waals surface area contributed by atoms with Gasteiger partial charge in [-0.2, -0.15) is 0 Å². The Balaban J connectivity index is 1.46. The summed E-state index contributed by atoms with van der Waals surface area (Å²) in [4.78, 5) is 16.8.